The second-order valence-corrected chi connectivity index (χ2v) is 10.2. The van der Waals surface area contributed by atoms with Gasteiger partial charge in [-0.3, -0.25) is 4.79 Å². The molecule has 1 atom stereocenters. The van der Waals surface area contributed by atoms with Crippen molar-refractivity contribution >= 4 is 27.6 Å². The molecule has 0 spiro atoms. The van der Waals surface area contributed by atoms with Crippen molar-refractivity contribution in [2.24, 2.45) is 5.92 Å². The van der Waals surface area contributed by atoms with Gasteiger partial charge in [0.1, 0.15) is 10.5 Å². The molecule has 1 fully saturated rings. The molecule has 0 unspecified atom stereocenters. The van der Waals surface area contributed by atoms with Crippen molar-refractivity contribution in [3.05, 3.63) is 46.8 Å². The lowest BCUT2D eigenvalue weighted by atomic mass is 9.98. The Balaban J connectivity index is 1.60. The van der Waals surface area contributed by atoms with Crippen LogP contribution in [0.25, 0.3) is 0 Å². The molecule has 172 valence electrons. The van der Waals surface area contributed by atoms with Crippen LogP contribution in [0.1, 0.15) is 47.1 Å². The summed E-state index contributed by atoms with van der Waals surface area (Å²) in [5, 5.41) is 0. The molecule has 8 nitrogen and oxygen atoms in total. The van der Waals surface area contributed by atoms with Gasteiger partial charge in [-0.05, 0) is 51.7 Å². The van der Waals surface area contributed by atoms with Gasteiger partial charge in [-0.2, -0.15) is 4.31 Å². The molecule has 1 N–H and O–H groups in total. The Hall–Kier alpha value is -2.65. The predicted octanol–water partition coefficient (Wildman–Crippen LogP) is 2.80. The topological polar surface area (TPSA) is 99.8 Å². The number of hydrogen-bond acceptors (Lipinski definition) is 5. The number of nitrogens with zero attached hydrogens (tertiary/aromatic N) is 2. The zero-order valence-electron chi connectivity index (χ0n) is 18.7. The first-order valence-electron chi connectivity index (χ1n) is 11.0. The zero-order chi connectivity index (χ0) is 23.0. The summed E-state index contributed by atoms with van der Waals surface area (Å²) < 4.78 is 33.7. The Morgan fingerprint density at radius 3 is 2.66 bits per heavy atom. The molecule has 1 amide bonds. The molecule has 9 heteroatoms. The lowest BCUT2D eigenvalue weighted by Crippen LogP contribution is -2.46. The smallest absolute Gasteiger partial charge is 0.341 e. The molecule has 1 aromatic heterocycles. The molecular formula is C23H29N3O5S. The maximum absolute atomic E-state index is 13.6. The van der Waals surface area contributed by atoms with Crippen LogP contribution in [0.3, 0.4) is 0 Å². The number of sulfonamides is 1. The van der Waals surface area contributed by atoms with Crippen molar-refractivity contribution < 1.29 is 22.7 Å². The third-order valence-electron chi connectivity index (χ3n) is 6.28. The number of fused-ring (bicyclic) bond motifs is 1. The summed E-state index contributed by atoms with van der Waals surface area (Å²) in [4.78, 5) is 30.5. The standard InChI is InChI=1S/C23H29N3O5S/c1-4-31-23(28)20-15(2)24-16(3)21(20)32(29,30)25-12-7-9-18(14-25)22(27)26-13-11-17-8-5-6-10-19(17)26/h5-6,8,10,18,24H,4,7,9,11-14H2,1-3H3/t18-/m0/s1. The van der Waals surface area contributed by atoms with E-state index in [1.807, 2.05) is 24.3 Å². The fraction of sp³-hybridized carbons (Fsp3) is 0.478. The molecule has 0 saturated carbocycles. The van der Waals surface area contributed by atoms with Crippen LogP contribution in [-0.2, 0) is 26.0 Å². The van der Waals surface area contributed by atoms with Crippen LogP contribution in [0.2, 0.25) is 0 Å². The van der Waals surface area contributed by atoms with Crippen LogP contribution in [0, 0.1) is 19.8 Å². The number of anilines is 1. The normalized spacial score (nSPS) is 19.1. The average molecular weight is 460 g/mol. The van der Waals surface area contributed by atoms with Gasteiger partial charge in [0, 0.05) is 36.7 Å². The predicted molar refractivity (Wildman–Crippen MR) is 120 cm³/mol. The van der Waals surface area contributed by atoms with Gasteiger partial charge in [0.25, 0.3) is 0 Å². The highest BCUT2D eigenvalue weighted by Gasteiger charge is 2.40. The second-order valence-electron chi connectivity index (χ2n) is 8.37. The van der Waals surface area contributed by atoms with Gasteiger partial charge < -0.3 is 14.6 Å². The number of aromatic amines is 1. The molecule has 0 aliphatic carbocycles. The number of nitrogens with one attached hydrogen (secondary N) is 1. The number of benzene rings is 1. The van der Waals surface area contributed by atoms with E-state index in [0.717, 1.165) is 17.7 Å². The van der Waals surface area contributed by atoms with Crippen LogP contribution >= 0.6 is 0 Å². The third-order valence-corrected chi connectivity index (χ3v) is 8.32. The largest absolute Gasteiger partial charge is 0.462 e. The molecule has 0 radical (unpaired) electrons. The lowest BCUT2D eigenvalue weighted by Gasteiger charge is -2.33. The van der Waals surface area contributed by atoms with Crippen LogP contribution in [0.5, 0.6) is 0 Å². The Kier molecular flexibility index (Phi) is 6.13. The highest BCUT2D eigenvalue weighted by atomic mass is 32.2. The van der Waals surface area contributed by atoms with E-state index in [1.165, 1.54) is 4.31 Å². The van der Waals surface area contributed by atoms with E-state index in [2.05, 4.69) is 4.98 Å². The number of hydrogen-bond donors (Lipinski definition) is 1. The van der Waals surface area contributed by atoms with Crippen LogP contribution in [0.15, 0.2) is 29.2 Å². The van der Waals surface area contributed by atoms with E-state index >= 15 is 0 Å². The molecule has 2 aliphatic rings. The van der Waals surface area contributed by atoms with Gasteiger partial charge in [-0.25, -0.2) is 13.2 Å². The molecule has 1 aromatic carbocycles. The summed E-state index contributed by atoms with van der Waals surface area (Å²) in [6.45, 7) is 6.16. The number of carbonyl (C=O) groups excluding carboxylic acids is 2. The van der Waals surface area contributed by atoms with Crippen molar-refractivity contribution in [1.29, 1.82) is 0 Å². The van der Waals surface area contributed by atoms with E-state index in [1.54, 1.807) is 25.7 Å². The highest BCUT2D eigenvalue weighted by Crippen LogP contribution is 2.33. The van der Waals surface area contributed by atoms with Crippen molar-refractivity contribution in [1.82, 2.24) is 9.29 Å². The summed E-state index contributed by atoms with van der Waals surface area (Å²) in [6, 6.07) is 7.84. The van der Waals surface area contributed by atoms with Gasteiger partial charge >= 0.3 is 5.97 Å². The molecule has 4 rings (SSSR count). The number of para-hydroxylation sites is 1. The van der Waals surface area contributed by atoms with E-state index in [0.29, 0.717) is 37.3 Å². The number of aryl methyl sites for hydroxylation is 2. The fourth-order valence-corrected chi connectivity index (χ4v) is 6.74. The number of rotatable bonds is 5. The second kappa shape index (κ2) is 8.71. The van der Waals surface area contributed by atoms with Gasteiger partial charge in [0.15, 0.2) is 0 Å². The molecular weight excluding hydrogens is 430 g/mol. The first-order valence-corrected chi connectivity index (χ1v) is 12.5. The number of ether oxygens (including phenoxy) is 1. The SMILES string of the molecule is CCOC(=O)c1c(C)[nH]c(C)c1S(=O)(=O)N1CCC[C@H](C(=O)N2CCc3ccccc32)C1. The molecule has 0 bridgehead atoms. The lowest BCUT2D eigenvalue weighted by molar-refractivity contribution is -0.123. The average Bonchev–Trinajstić information content (AvgIpc) is 3.34. The van der Waals surface area contributed by atoms with E-state index in [-0.39, 0.29) is 29.5 Å². The molecule has 3 heterocycles. The third kappa shape index (κ3) is 3.84. The first kappa shape index (κ1) is 22.5. The number of H-pyrrole nitrogens is 1. The molecule has 2 aromatic rings. The van der Waals surface area contributed by atoms with E-state index in [4.69, 9.17) is 4.74 Å². The van der Waals surface area contributed by atoms with Gasteiger partial charge in [-0.1, -0.05) is 18.2 Å². The summed E-state index contributed by atoms with van der Waals surface area (Å²) >= 11 is 0. The van der Waals surface area contributed by atoms with Crippen molar-refractivity contribution in [2.45, 2.75) is 44.9 Å². The van der Waals surface area contributed by atoms with E-state index < -0.39 is 21.9 Å². The van der Waals surface area contributed by atoms with E-state index in [9.17, 15) is 18.0 Å². The van der Waals surface area contributed by atoms with Gasteiger partial charge in [-0.15, -0.1) is 0 Å². The Labute approximate surface area is 188 Å². The minimum atomic E-state index is -3.99. The quantitative estimate of drug-likeness (QED) is 0.693. The Bertz CT molecular complexity index is 1150. The molecule has 1 saturated heterocycles. The molecule has 32 heavy (non-hydrogen) atoms. The maximum Gasteiger partial charge on any atom is 0.341 e. The summed E-state index contributed by atoms with van der Waals surface area (Å²) in [5.74, 6) is -1.12. The van der Waals surface area contributed by atoms with Gasteiger partial charge in [0.05, 0.1) is 12.5 Å². The number of amides is 1. The summed E-state index contributed by atoms with van der Waals surface area (Å²) in [6.07, 6.45) is 2.03. The number of carbonyl (C=O) groups is 2. The molecule has 2 aliphatic heterocycles. The van der Waals surface area contributed by atoms with Crippen molar-refractivity contribution in [3.8, 4) is 0 Å². The van der Waals surface area contributed by atoms with Crippen LogP contribution < -0.4 is 4.90 Å². The van der Waals surface area contributed by atoms with Crippen LogP contribution in [-0.4, -0.2) is 55.8 Å². The van der Waals surface area contributed by atoms with Gasteiger partial charge in [0.2, 0.25) is 15.9 Å². The minimum Gasteiger partial charge on any atom is -0.462 e. The first-order chi connectivity index (χ1) is 15.3. The minimum absolute atomic E-state index is 0.0394. The zero-order valence-corrected chi connectivity index (χ0v) is 19.5. The maximum atomic E-state index is 13.6. The van der Waals surface area contributed by atoms with Crippen molar-refractivity contribution in [3.63, 3.8) is 0 Å². The number of aromatic nitrogens is 1. The summed E-state index contributed by atoms with van der Waals surface area (Å²) in [5.41, 5.74) is 2.95. The monoisotopic (exact) mass is 459 g/mol. The highest BCUT2D eigenvalue weighted by molar-refractivity contribution is 7.89. The summed E-state index contributed by atoms with van der Waals surface area (Å²) in [7, 11) is -3.99. The Morgan fingerprint density at radius 1 is 1.16 bits per heavy atom. The number of piperidine rings is 1. The number of esters is 1. The van der Waals surface area contributed by atoms with Crippen LogP contribution in [0.4, 0.5) is 5.69 Å². The fourth-order valence-electron chi connectivity index (χ4n) is 4.81. The Morgan fingerprint density at radius 2 is 1.91 bits per heavy atom. The van der Waals surface area contributed by atoms with Crippen molar-refractivity contribution in [2.75, 3.05) is 31.1 Å².